The van der Waals surface area contributed by atoms with Gasteiger partial charge in [0.2, 0.25) is 11.6 Å². The summed E-state index contributed by atoms with van der Waals surface area (Å²) in [4.78, 5) is 30.3. The zero-order chi connectivity index (χ0) is 29.9. The van der Waals surface area contributed by atoms with Gasteiger partial charge in [0.25, 0.3) is 0 Å². The van der Waals surface area contributed by atoms with Crippen molar-refractivity contribution in [1.29, 1.82) is 0 Å². The normalized spacial score (nSPS) is 19.6. The number of nitrogens with zero attached hydrogens (tertiary/aromatic N) is 2. The van der Waals surface area contributed by atoms with Crippen LogP contribution in [0.2, 0.25) is 0 Å². The molecule has 6 nitrogen and oxygen atoms in total. The molecule has 0 fully saturated rings. The number of rotatable bonds is 2. The second-order valence-corrected chi connectivity index (χ2v) is 12.0. The minimum Gasteiger partial charge on any atom is -0.504 e. The molecule has 5 rings (SSSR count). The average Bonchev–Trinajstić information content (AvgIpc) is 3.33. The van der Waals surface area contributed by atoms with Crippen LogP contribution in [0.1, 0.15) is 74.2 Å². The topological polar surface area (TPSA) is 82.8 Å². The van der Waals surface area contributed by atoms with Crippen LogP contribution in [0.15, 0.2) is 17.1 Å². The molecule has 0 bridgehead atoms. The van der Waals surface area contributed by atoms with E-state index in [1.807, 2.05) is 60.2 Å². The van der Waals surface area contributed by atoms with E-state index in [2.05, 4.69) is 32.6 Å². The van der Waals surface area contributed by atoms with E-state index >= 15 is 0 Å². The molecule has 40 heavy (non-hydrogen) atoms. The van der Waals surface area contributed by atoms with Gasteiger partial charge in [0, 0.05) is 48.4 Å². The van der Waals surface area contributed by atoms with Crippen LogP contribution in [-0.4, -0.2) is 39.4 Å². The number of aromatic nitrogens is 1. The van der Waals surface area contributed by atoms with Crippen molar-refractivity contribution in [3.8, 4) is 0 Å². The Morgan fingerprint density at radius 3 is 1.77 bits per heavy atom. The lowest BCUT2D eigenvalue weighted by atomic mass is 9.76. The van der Waals surface area contributed by atoms with Gasteiger partial charge < -0.3 is 19.7 Å². The van der Waals surface area contributed by atoms with E-state index in [1.54, 1.807) is 0 Å². The van der Waals surface area contributed by atoms with Gasteiger partial charge in [0.1, 0.15) is 0 Å². The van der Waals surface area contributed by atoms with Gasteiger partial charge in [0.05, 0.1) is 16.7 Å². The molecular weight excluding hydrogens is 500 g/mol. The first-order chi connectivity index (χ1) is 18.6. The van der Waals surface area contributed by atoms with Crippen molar-refractivity contribution >= 4 is 33.7 Å². The average molecular weight is 541 g/mol. The Hall–Kier alpha value is -3.80. The predicted octanol–water partition coefficient (Wildman–Crippen LogP) is 6.81. The molecule has 0 amide bonds. The van der Waals surface area contributed by atoms with Gasteiger partial charge >= 0.3 is 0 Å². The Bertz CT molecular complexity index is 1780. The van der Waals surface area contributed by atoms with Crippen LogP contribution in [0, 0.1) is 62.3 Å². The molecule has 0 saturated carbocycles. The van der Waals surface area contributed by atoms with Crippen molar-refractivity contribution in [2.75, 3.05) is 11.9 Å². The molecule has 2 unspecified atom stereocenters. The summed E-state index contributed by atoms with van der Waals surface area (Å²) in [6.07, 6.45) is 0. The lowest BCUT2D eigenvalue weighted by molar-refractivity contribution is -0.118. The van der Waals surface area contributed by atoms with Crippen LogP contribution < -0.4 is 4.90 Å². The molecule has 1 aliphatic heterocycles. The highest BCUT2D eigenvalue weighted by molar-refractivity contribution is 6.40. The van der Waals surface area contributed by atoms with Crippen molar-refractivity contribution in [2.24, 2.45) is 7.05 Å². The molecule has 2 aliphatic rings. The zero-order valence-corrected chi connectivity index (χ0v) is 25.8. The molecule has 2 aromatic carbocycles. The van der Waals surface area contributed by atoms with Gasteiger partial charge in [-0.15, -0.1) is 0 Å². The molecule has 1 aromatic heterocycles. The first kappa shape index (κ1) is 27.8. The first-order valence-electron chi connectivity index (χ1n) is 13.9. The minimum absolute atomic E-state index is 0.0204. The highest BCUT2D eigenvalue weighted by atomic mass is 16.3. The summed E-state index contributed by atoms with van der Waals surface area (Å²) in [5, 5.41) is 23.9. The van der Waals surface area contributed by atoms with Crippen LogP contribution in [0.3, 0.4) is 0 Å². The number of likely N-dealkylation sites (N-methyl/N-ethyl adjacent to an activating group) is 1. The number of benzene rings is 2. The third-order valence-electron chi connectivity index (χ3n) is 10.5. The van der Waals surface area contributed by atoms with Gasteiger partial charge in [-0.25, -0.2) is 0 Å². The monoisotopic (exact) mass is 540 g/mol. The summed E-state index contributed by atoms with van der Waals surface area (Å²) in [6, 6.07) is -0.202. The summed E-state index contributed by atoms with van der Waals surface area (Å²) in [5.41, 5.74) is 12.9. The second-order valence-electron chi connectivity index (χ2n) is 12.0. The summed E-state index contributed by atoms with van der Waals surface area (Å²) in [6.45, 7) is 20.3. The summed E-state index contributed by atoms with van der Waals surface area (Å²) >= 11 is 0. The highest BCUT2D eigenvalue weighted by Gasteiger charge is 2.47. The van der Waals surface area contributed by atoms with Crippen LogP contribution in [-0.2, 0) is 16.6 Å². The Balaban J connectivity index is 1.79. The van der Waals surface area contributed by atoms with E-state index in [0.29, 0.717) is 5.56 Å². The van der Waals surface area contributed by atoms with Crippen molar-refractivity contribution < 1.29 is 19.8 Å². The second kappa shape index (κ2) is 8.85. The Kier molecular flexibility index (Phi) is 6.14. The number of aliphatic hydroxyl groups is 2. The SMILES string of the molecule is Cc1c(C)c(C)c2c(c1C)C(C1=C(O)C(=O)C(c3c(C)n(C)c4c(C)c(C)c(C)c(C)c34)=C(O)C1=O)C(C)N2C. The van der Waals surface area contributed by atoms with E-state index in [0.717, 1.165) is 61.2 Å². The van der Waals surface area contributed by atoms with E-state index in [9.17, 15) is 19.8 Å². The molecule has 0 spiro atoms. The number of aryl methyl sites for hydroxylation is 3. The lowest BCUT2D eigenvalue weighted by Crippen LogP contribution is -2.34. The molecular formula is C34H40N2O4. The number of carbonyl (C=O) groups is 2. The smallest absolute Gasteiger partial charge is 0.232 e. The van der Waals surface area contributed by atoms with Crippen LogP contribution in [0.5, 0.6) is 0 Å². The number of fused-ring (bicyclic) bond motifs is 2. The van der Waals surface area contributed by atoms with Crippen LogP contribution in [0.4, 0.5) is 5.69 Å². The molecule has 6 heteroatoms. The number of Topliss-reactive ketones (excluding diaryl/α,β-unsaturated/α-hetero) is 2. The summed E-state index contributed by atoms with van der Waals surface area (Å²) in [5.74, 6) is -3.11. The maximum atomic E-state index is 14.1. The Morgan fingerprint density at radius 1 is 0.650 bits per heavy atom. The fourth-order valence-electron chi connectivity index (χ4n) is 7.27. The predicted molar refractivity (Wildman–Crippen MR) is 162 cm³/mol. The first-order valence-corrected chi connectivity index (χ1v) is 13.9. The number of hydrogen-bond acceptors (Lipinski definition) is 5. The molecule has 2 N–H and O–H groups in total. The van der Waals surface area contributed by atoms with Gasteiger partial charge in [-0.2, -0.15) is 0 Å². The summed E-state index contributed by atoms with van der Waals surface area (Å²) in [7, 11) is 3.91. The third-order valence-corrected chi connectivity index (χ3v) is 10.5. The molecule has 210 valence electrons. The number of anilines is 1. The van der Waals surface area contributed by atoms with Crippen molar-refractivity contribution in [3.63, 3.8) is 0 Å². The van der Waals surface area contributed by atoms with E-state index < -0.39 is 29.0 Å². The minimum atomic E-state index is -0.709. The van der Waals surface area contributed by atoms with Crippen molar-refractivity contribution in [2.45, 2.75) is 81.2 Å². The Labute approximate surface area is 236 Å². The third kappa shape index (κ3) is 3.22. The number of aliphatic hydroxyl groups excluding tert-OH is 2. The lowest BCUT2D eigenvalue weighted by Gasteiger charge is -2.27. The number of allylic oxidation sites excluding steroid dienone is 2. The zero-order valence-electron chi connectivity index (χ0n) is 25.8. The molecule has 0 saturated heterocycles. The summed E-state index contributed by atoms with van der Waals surface area (Å²) < 4.78 is 2.01. The maximum Gasteiger partial charge on any atom is 0.232 e. The fraction of sp³-hybridized carbons (Fsp3) is 0.412. The van der Waals surface area contributed by atoms with E-state index in [1.165, 1.54) is 11.1 Å². The molecule has 2 atom stereocenters. The van der Waals surface area contributed by atoms with Gasteiger partial charge in [-0.05, 0) is 119 Å². The van der Waals surface area contributed by atoms with Crippen LogP contribution >= 0.6 is 0 Å². The Morgan fingerprint density at radius 2 is 1.18 bits per heavy atom. The molecule has 1 aliphatic carbocycles. The number of hydrogen-bond donors (Lipinski definition) is 2. The van der Waals surface area contributed by atoms with E-state index in [-0.39, 0.29) is 17.2 Å². The number of ketones is 2. The van der Waals surface area contributed by atoms with Gasteiger partial charge in [0.15, 0.2) is 11.5 Å². The molecule has 0 radical (unpaired) electrons. The largest absolute Gasteiger partial charge is 0.504 e. The van der Waals surface area contributed by atoms with Gasteiger partial charge in [-0.1, -0.05) is 0 Å². The maximum absolute atomic E-state index is 14.1. The highest BCUT2D eigenvalue weighted by Crippen LogP contribution is 2.52. The fourth-order valence-corrected chi connectivity index (χ4v) is 7.27. The number of carbonyl (C=O) groups excluding carboxylic acids is 2. The van der Waals surface area contributed by atoms with Crippen LogP contribution in [0.25, 0.3) is 16.5 Å². The van der Waals surface area contributed by atoms with Gasteiger partial charge in [-0.3, -0.25) is 9.59 Å². The molecule has 3 aromatic rings. The standard InChI is InChI=1S/C34H40N2O4/c1-13-15(3)19(7)29-23(17(13)5)25(21(9)35(29)11)27-31(37)33(39)28(34(40)32(27)38)26-22(10)36(12)30-20(8)16(4)14(2)18(6)24(26)30/h21,25,37,40H,1-12H3. The molecule has 2 heterocycles. The van der Waals surface area contributed by atoms with Crippen molar-refractivity contribution in [1.82, 2.24) is 4.57 Å². The van der Waals surface area contributed by atoms with Crippen molar-refractivity contribution in [3.05, 3.63) is 78.4 Å². The quantitative estimate of drug-likeness (QED) is 0.349. The van der Waals surface area contributed by atoms with E-state index in [4.69, 9.17) is 0 Å².